The van der Waals surface area contributed by atoms with Crippen molar-refractivity contribution >= 4 is 28.3 Å². The van der Waals surface area contributed by atoms with Gasteiger partial charge in [-0.3, -0.25) is 14.5 Å². The number of nitrogens with one attached hydrogen (secondary N) is 2. The van der Waals surface area contributed by atoms with Crippen LogP contribution in [0.1, 0.15) is 32.9 Å². The summed E-state index contributed by atoms with van der Waals surface area (Å²) in [4.78, 5) is 32.2. The second-order valence-electron chi connectivity index (χ2n) is 7.51. The van der Waals surface area contributed by atoms with E-state index in [1.165, 1.54) is 16.9 Å². The van der Waals surface area contributed by atoms with Crippen molar-refractivity contribution in [3.05, 3.63) is 81.9 Å². The van der Waals surface area contributed by atoms with Crippen LogP contribution in [0.15, 0.2) is 48.5 Å². The Balaban J connectivity index is 1.25. The summed E-state index contributed by atoms with van der Waals surface area (Å²) in [7, 11) is 0. The minimum absolute atomic E-state index is 0.0128. The number of nitrogens with zero attached hydrogens (tertiary/aromatic N) is 2. The molecule has 0 radical (unpaired) electrons. The minimum atomic E-state index is -0.943. The van der Waals surface area contributed by atoms with Crippen LogP contribution < -0.4 is 10.6 Å². The van der Waals surface area contributed by atoms with Crippen LogP contribution in [0.3, 0.4) is 0 Å². The molecule has 9 heteroatoms. The van der Waals surface area contributed by atoms with Crippen molar-refractivity contribution < 1.29 is 18.4 Å². The predicted octanol–water partition coefficient (Wildman–Crippen LogP) is 3.74. The Morgan fingerprint density at radius 1 is 1.12 bits per heavy atom. The summed E-state index contributed by atoms with van der Waals surface area (Å²) in [6, 6.07) is 13.0. The fourth-order valence-corrected chi connectivity index (χ4v) is 4.59. The van der Waals surface area contributed by atoms with Crippen molar-refractivity contribution in [2.24, 2.45) is 0 Å². The summed E-state index contributed by atoms with van der Waals surface area (Å²) in [5.74, 6) is -2.69. The van der Waals surface area contributed by atoms with Crippen LogP contribution in [-0.2, 0) is 24.3 Å². The van der Waals surface area contributed by atoms with E-state index in [-0.39, 0.29) is 24.4 Å². The second-order valence-corrected chi connectivity index (χ2v) is 8.60. The van der Waals surface area contributed by atoms with E-state index in [1.807, 2.05) is 18.2 Å². The summed E-state index contributed by atoms with van der Waals surface area (Å²) >= 11 is 1.46. The molecule has 3 aromatic rings. The van der Waals surface area contributed by atoms with Gasteiger partial charge in [0.05, 0.1) is 11.3 Å². The zero-order valence-corrected chi connectivity index (χ0v) is 18.1. The lowest BCUT2D eigenvalue weighted by Gasteiger charge is -2.25. The van der Waals surface area contributed by atoms with Crippen molar-refractivity contribution in [2.75, 3.05) is 18.4 Å². The van der Waals surface area contributed by atoms with Gasteiger partial charge in [-0.15, -0.1) is 11.3 Å². The number of thiazole rings is 1. The Bertz CT molecular complexity index is 1120. The standard InChI is InChI=1S/C23H22F2N4O2S/c24-16-6-7-17(18(25)12-16)22(31)26-10-8-21(30)28-23-27-19-9-11-29(14-20(19)32-23)13-15-4-2-1-3-5-15/h1-7,12H,8-11,13-14H2,(H,26,31)(H,27,28,30). The van der Waals surface area contributed by atoms with Crippen LogP contribution in [0.5, 0.6) is 0 Å². The Kier molecular flexibility index (Phi) is 6.87. The van der Waals surface area contributed by atoms with Gasteiger partial charge in [0.25, 0.3) is 5.91 Å². The van der Waals surface area contributed by atoms with Crippen LogP contribution in [0, 0.1) is 11.6 Å². The number of hydrogen-bond acceptors (Lipinski definition) is 5. The summed E-state index contributed by atoms with van der Waals surface area (Å²) in [5.41, 5.74) is 2.01. The third kappa shape index (κ3) is 5.54. The Morgan fingerprint density at radius 2 is 1.94 bits per heavy atom. The first kappa shape index (κ1) is 22.0. The molecule has 2 amide bonds. The quantitative estimate of drug-likeness (QED) is 0.568. The number of anilines is 1. The molecule has 166 valence electrons. The number of aromatic nitrogens is 1. The lowest BCUT2D eigenvalue weighted by atomic mass is 10.1. The highest BCUT2D eigenvalue weighted by molar-refractivity contribution is 7.15. The molecule has 0 spiro atoms. The number of rotatable bonds is 7. The first-order chi connectivity index (χ1) is 15.5. The highest BCUT2D eigenvalue weighted by atomic mass is 32.1. The van der Waals surface area contributed by atoms with Gasteiger partial charge < -0.3 is 10.6 Å². The lowest BCUT2D eigenvalue weighted by Crippen LogP contribution is -2.29. The van der Waals surface area contributed by atoms with Gasteiger partial charge in [0, 0.05) is 50.0 Å². The van der Waals surface area contributed by atoms with E-state index in [4.69, 9.17) is 0 Å². The molecule has 6 nitrogen and oxygen atoms in total. The van der Waals surface area contributed by atoms with Gasteiger partial charge in [-0.25, -0.2) is 13.8 Å². The highest BCUT2D eigenvalue weighted by Gasteiger charge is 2.21. The minimum Gasteiger partial charge on any atom is -0.351 e. The fraction of sp³-hybridized carbons (Fsp3) is 0.261. The maximum atomic E-state index is 13.6. The summed E-state index contributed by atoms with van der Waals surface area (Å²) < 4.78 is 26.6. The first-order valence-electron chi connectivity index (χ1n) is 10.3. The van der Waals surface area contributed by atoms with Crippen LogP contribution in [0.25, 0.3) is 0 Å². The van der Waals surface area contributed by atoms with Gasteiger partial charge in [0.1, 0.15) is 11.6 Å². The molecule has 2 heterocycles. The Labute approximate surface area is 188 Å². The molecule has 0 saturated heterocycles. The van der Waals surface area contributed by atoms with E-state index in [2.05, 4.69) is 32.7 Å². The SMILES string of the molecule is O=C(CCNC(=O)c1ccc(F)cc1F)Nc1nc2c(s1)CN(Cc1ccccc1)CC2. The van der Waals surface area contributed by atoms with Crippen LogP contribution >= 0.6 is 11.3 Å². The van der Waals surface area contributed by atoms with E-state index >= 15 is 0 Å². The van der Waals surface area contributed by atoms with Gasteiger partial charge in [0.2, 0.25) is 5.91 Å². The molecule has 0 fully saturated rings. The number of carbonyl (C=O) groups excluding carboxylic acids is 2. The molecule has 1 aromatic heterocycles. The smallest absolute Gasteiger partial charge is 0.254 e. The molecule has 0 bridgehead atoms. The molecule has 1 aliphatic rings. The van der Waals surface area contributed by atoms with Gasteiger partial charge in [-0.1, -0.05) is 30.3 Å². The summed E-state index contributed by atoms with van der Waals surface area (Å²) in [5, 5.41) is 5.78. The maximum absolute atomic E-state index is 13.6. The zero-order chi connectivity index (χ0) is 22.5. The predicted molar refractivity (Wildman–Crippen MR) is 118 cm³/mol. The molecule has 4 rings (SSSR count). The van der Waals surface area contributed by atoms with E-state index in [0.29, 0.717) is 11.2 Å². The molecule has 0 aliphatic carbocycles. The monoisotopic (exact) mass is 456 g/mol. The van der Waals surface area contributed by atoms with E-state index in [0.717, 1.165) is 48.8 Å². The molecular formula is C23H22F2N4O2S. The molecule has 1 aliphatic heterocycles. The molecular weight excluding hydrogens is 434 g/mol. The van der Waals surface area contributed by atoms with Crippen LogP contribution in [-0.4, -0.2) is 34.8 Å². The van der Waals surface area contributed by atoms with Crippen LogP contribution in [0.2, 0.25) is 0 Å². The molecule has 0 atom stereocenters. The van der Waals surface area contributed by atoms with Crippen LogP contribution in [0.4, 0.5) is 13.9 Å². The van der Waals surface area contributed by atoms with Gasteiger partial charge in [-0.2, -0.15) is 0 Å². The number of hydrogen-bond donors (Lipinski definition) is 2. The van der Waals surface area contributed by atoms with E-state index in [9.17, 15) is 18.4 Å². The molecule has 0 unspecified atom stereocenters. The number of amides is 2. The van der Waals surface area contributed by atoms with Crippen molar-refractivity contribution in [3.63, 3.8) is 0 Å². The highest BCUT2D eigenvalue weighted by Crippen LogP contribution is 2.29. The number of carbonyl (C=O) groups is 2. The second kappa shape index (κ2) is 9.97. The fourth-order valence-electron chi connectivity index (χ4n) is 3.52. The molecule has 2 aromatic carbocycles. The average Bonchev–Trinajstić information content (AvgIpc) is 3.15. The largest absolute Gasteiger partial charge is 0.351 e. The third-order valence-corrected chi connectivity index (χ3v) is 6.12. The van der Waals surface area contributed by atoms with Crippen molar-refractivity contribution in [2.45, 2.75) is 25.9 Å². The van der Waals surface area contributed by atoms with Gasteiger partial charge in [-0.05, 0) is 17.7 Å². The zero-order valence-electron chi connectivity index (χ0n) is 17.2. The topological polar surface area (TPSA) is 74.3 Å². The Hall–Kier alpha value is -3.17. The average molecular weight is 457 g/mol. The molecule has 2 N–H and O–H groups in total. The van der Waals surface area contributed by atoms with Crippen molar-refractivity contribution in [1.82, 2.24) is 15.2 Å². The lowest BCUT2D eigenvalue weighted by molar-refractivity contribution is -0.116. The van der Waals surface area contributed by atoms with Crippen molar-refractivity contribution in [3.8, 4) is 0 Å². The Morgan fingerprint density at radius 3 is 2.72 bits per heavy atom. The molecule has 0 saturated carbocycles. The summed E-state index contributed by atoms with van der Waals surface area (Å²) in [6.45, 7) is 2.59. The number of fused-ring (bicyclic) bond motifs is 1. The van der Waals surface area contributed by atoms with E-state index < -0.39 is 17.5 Å². The summed E-state index contributed by atoms with van der Waals surface area (Å²) in [6.07, 6.45) is 0.840. The third-order valence-electron chi connectivity index (χ3n) is 5.12. The van der Waals surface area contributed by atoms with E-state index in [1.54, 1.807) is 0 Å². The van der Waals surface area contributed by atoms with Gasteiger partial charge in [0.15, 0.2) is 5.13 Å². The number of benzene rings is 2. The number of halogens is 2. The maximum Gasteiger partial charge on any atom is 0.254 e. The first-order valence-corrected chi connectivity index (χ1v) is 11.1. The van der Waals surface area contributed by atoms with Crippen molar-refractivity contribution in [1.29, 1.82) is 0 Å². The van der Waals surface area contributed by atoms with Gasteiger partial charge >= 0.3 is 0 Å². The molecule has 32 heavy (non-hydrogen) atoms. The normalized spacial score (nSPS) is 13.4.